The van der Waals surface area contributed by atoms with E-state index in [1.807, 2.05) is 0 Å². The first kappa shape index (κ1) is 7.03. The lowest BCUT2D eigenvalue weighted by Crippen LogP contribution is -2.33. The van der Waals surface area contributed by atoms with Gasteiger partial charge in [0.1, 0.15) is 0 Å². The summed E-state index contributed by atoms with van der Waals surface area (Å²) >= 11 is 0. The Balaban J connectivity index is 2.10. The molecule has 0 bridgehead atoms. The van der Waals surface area contributed by atoms with E-state index in [1.165, 1.54) is 6.42 Å². The molecule has 0 aromatic heterocycles. The molecule has 2 fully saturated rings. The second-order valence-electron chi connectivity index (χ2n) is 4.18. The van der Waals surface area contributed by atoms with Crippen molar-refractivity contribution in [2.24, 2.45) is 17.8 Å². The van der Waals surface area contributed by atoms with E-state index in [1.54, 1.807) is 0 Å². The molecule has 1 heterocycles. The molecule has 1 nitrogen and oxygen atoms in total. The van der Waals surface area contributed by atoms with Gasteiger partial charge in [0.15, 0.2) is 0 Å². The van der Waals surface area contributed by atoms with Crippen LogP contribution in [0.1, 0.15) is 20.3 Å². The van der Waals surface area contributed by atoms with Crippen molar-refractivity contribution in [2.45, 2.75) is 26.3 Å². The van der Waals surface area contributed by atoms with E-state index in [0.29, 0.717) is 6.04 Å². The van der Waals surface area contributed by atoms with Gasteiger partial charge in [-0.25, -0.2) is 0 Å². The number of terminal acetylenes is 1. The van der Waals surface area contributed by atoms with Crippen molar-refractivity contribution in [3.05, 3.63) is 0 Å². The molecule has 2 rings (SSSR count). The zero-order valence-electron chi connectivity index (χ0n) is 7.25. The fourth-order valence-corrected chi connectivity index (χ4v) is 2.50. The van der Waals surface area contributed by atoms with E-state index in [4.69, 9.17) is 6.42 Å². The van der Waals surface area contributed by atoms with Crippen LogP contribution in [0.4, 0.5) is 0 Å². The first-order valence-electron chi connectivity index (χ1n) is 4.47. The summed E-state index contributed by atoms with van der Waals surface area (Å²) in [7, 11) is 0. The number of likely N-dealkylation sites (tertiary alicyclic amines) is 1. The smallest absolute Gasteiger partial charge is 0.0425 e. The van der Waals surface area contributed by atoms with Gasteiger partial charge in [0.25, 0.3) is 0 Å². The zero-order valence-corrected chi connectivity index (χ0v) is 7.25. The Bertz CT molecular complexity index is 201. The summed E-state index contributed by atoms with van der Waals surface area (Å²) in [6.07, 6.45) is 6.85. The minimum Gasteiger partial charge on any atom is -0.329 e. The van der Waals surface area contributed by atoms with Gasteiger partial charge in [0.2, 0.25) is 0 Å². The van der Waals surface area contributed by atoms with Crippen LogP contribution in [-0.4, -0.2) is 17.5 Å². The fraction of sp³-hybridized carbons (Fsp3) is 0.800. The van der Waals surface area contributed by atoms with Crippen LogP contribution in [-0.2, 0) is 0 Å². The molecule has 0 amide bonds. The van der Waals surface area contributed by atoms with Crippen molar-refractivity contribution in [1.29, 1.82) is 0 Å². The van der Waals surface area contributed by atoms with Crippen LogP contribution in [0, 0.1) is 30.2 Å². The van der Waals surface area contributed by atoms with E-state index in [0.717, 1.165) is 24.3 Å². The molecular formula is C10H15N. The van der Waals surface area contributed by atoms with E-state index < -0.39 is 0 Å². The zero-order chi connectivity index (χ0) is 8.01. The third-order valence-corrected chi connectivity index (χ3v) is 3.06. The summed E-state index contributed by atoms with van der Waals surface area (Å²) < 4.78 is 0. The first-order chi connectivity index (χ1) is 5.24. The van der Waals surface area contributed by atoms with E-state index in [-0.39, 0.29) is 0 Å². The van der Waals surface area contributed by atoms with Crippen molar-refractivity contribution in [2.75, 3.05) is 6.54 Å². The lowest BCUT2D eigenvalue weighted by atomic mass is 10.00. The molecule has 1 heteroatoms. The monoisotopic (exact) mass is 149 g/mol. The lowest BCUT2D eigenvalue weighted by Gasteiger charge is -2.26. The molecule has 1 saturated carbocycles. The Morgan fingerprint density at radius 1 is 1.55 bits per heavy atom. The maximum atomic E-state index is 5.42. The summed E-state index contributed by atoms with van der Waals surface area (Å²) in [6, 6.07) is 3.47. The standard InChI is InChI=1S/C10H15N/c1-4-11-6-8-5-9(8)10(11)7(2)3/h1,7-10H,5-6H2,2-3H3. The van der Waals surface area contributed by atoms with Gasteiger partial charge >= 0.3 is 0 Å². The van der Waals surface area contributed by atoms with Gasteiger partial charge in [0, 0.05) is 18.6 Å². The molecule has 11 heavy (non-hydrogen) atoms. The SMILES string of the molecule is C#CN1CC2CC2C1C(C)C. The van der Waals surface area contributed by atoms with Crippen molar-refractivity contribution >= 4 is 0 Å². The highest BCUT2D eigenvalue weighted by molar-refractivity contribution is 5.10. The number of nitrogens with zero attached hydrogens (tertiary/aromatic N) is 1. The molecular weight excluding hydrogens is 134 g/mol. The molecule has 3 atom stereocenters. The third-order valence-electron chi connectivity index (χ3n) is 3.06. The molecule has 3 unspecified atom stereocenters. The molecule has 1 aliphatic heterocycles. The molecule has 60 valence electrons. The molecule has 0 N–H and O–H groups in total. The highest BCUT2D eigenvalue weighted by atomic mass is 15.2. The van der Waals surface area contributed by atoms with E-state index in [9.17, 15) is 0 Å². The highest BCUT2D eigenvalue weighted by Crippen LogP contribution is 2.51. The number of piperidine rings is 1. The van der Waals surface area contributed by atoms with Crippen LogP contribution in [0.25, 0.3) is 0 Å². The quantitative estimate of drug-likeness (QED) is 0.511. The molecule has 0 aromatic rings. The van der Waals surface area contributed by atoms with Crippen LogP contribution in [0.3, 0.4) is 0 Å². The number of hydrogen-bond donors (Lipinski definition) is 0. The average Bonchev–Trinajstić information content (AvgIpc) is 2.61. The third kappa shape index (κ3) is 0.929. The Morgan fingerprint density at radius 2 is 2.27 bits per heavy atom. The lowest BCUT2D eigenvalue weighted by molar-refractivity contribution is 0.256. The van der Waals surface area contributed by atoms with Crippen LogP contribution >= 0.6 is 0 Å². The maximum absolute atomic E-state index is 5.42. The summed E-state index contributed by atoms with van der Waals surface area (Å²) in [4.78, 5) is 2.20. The molecule has 2 aliphatic rings. The summed E-state index contributed by atoms with van der Waals surface area (Å²) in [5.74, 6) is 2.60. The highest BCUT2D eigenvalue weighted by Gasteiger charge is 2.52. The van der Waals surface area contributed by atoms with Crippen molar-refractivity contribution in [3.8, 4) is 12.5 Å². The molecule has 0 aromatic carbocycles. The maximum Gasteiger partial charge on any atom is 0.0425 e. The predicted octanol–water partition coefficient (Wildman–Crippen LogP) is 1.55. The van der Waals surface area contributed by atoms with Crippen LogP contribution in [0.5, 0.6) is 0 Å². The van der Waals surface area contributed by atoms with Crippen molar-refractivity contribution in [1.82, 2.24) is 4.90 Å². The van der Waals surface area contributed by atoms with Crippen molar-refractivity contribution < 1.29 is 0 Å². The van der Waals surface area contributed by atoms with Gasteiger partial charge < -0.3 is 4.90 Å². The van der Waals surface area contributed by atoms with Gasteiger partial charge in [-0.3, -0.25) is 0 Å². The fourth-order valence-electron chi connectivity index (χ4n) is 2.50. The molecule has 0 radical (unpaired) electrons. The number of hydrogen-bond acceptors (Lipinski definition) is 1. The van der Waals surface area contributed by atoms with E-state index >= 15 is 0 Å². The summed E-state index contributed by atoms with van der Waals surface area (Å²) in [5, 5.41) is 0. The predicted molar refractivity (Wildman–Crippen MR) is 45.8 cm³/mol. The topological polar surface area (TPSA) is 3.24 Å². The minimum absolute atomic E-state index is 0.685. The van der Waals surface area contributed by atoms with Gasteiger partial charge in [-0.05, 0) is 24.2 Å². The summed E-state index contributed by atoms with van der Waals surface area (Å²) in [5.41, 5.74) is 0. The van der Waals surface area contributed by atoms with Crippen LogP contribution in [0.2, 0.25) is 0 Å². The molecule has 0 spiro atoms. The largest absolute Gasteiger partial charge is 0.329 e. The Kier molecular flexibility index (Phi) is 1.39. The Morgan fingerprint density at radius 3 is 2.73 bits per heavy atom. The van der Waals surface area contributed by atoms with Gasteiger partial charge in [-0.2, -0.15) is 0 Å². The second kappa shape index (κ2) is 2.17. The van der Waals surface area contributed by atoms with Gasteiger partial charge in [-0.1, -0.05) is 20.3 Å². The molecule has 1 saturated heterocycles. The number of fused-ring (bicyclic) bond motifs is 1. The summed E-state index contributed by atoms with van der Waals surface area (Å²) in [6.45, 7) is 5.70. The normalized spacial score (nSPS) is 40.5. The van der Waals surface area contributed by atoms with Crippen LogP contribution in [0.15, 0.2) is 0 Å². The van der Waals surface area contributed by atoms with Crippen LogP contribution < -0.4 is 0 Å². The molecule has 1 aliphatic carbocycles. The minimum atomic E-state index is 0.685. The Labute approximate surface area is 68.8 Å². The van der Waals surface area contributed by atoms with Crippen molar-refractivity contribution in [3.63, 3.8) is 0 Å². The van der Waals surface area contributed by atoms with Gasteiger partial charge in [-0.15, -0.1) is 0 Å². The first-order valence-corrected chi connectivity index (χ1v) is 4.47. The number of rotatable bonds is 1. The van der Waals surface area contributed by atoms with Gasteiger partial charge in [0.05, 0.1) is 0 Å². The average molecular weight is 149 g/mol. The Hall–Kier alpha value is -0.640. The van der Waals surface area contributed by atoms with E-state index in [2.05, 4.69) is 24.8 Å². The second-order valence-corrected chi connectivity index (χ2v) is 4.18.